The summed E-state index contributed by atoms with van der Waals surface area (Å²) in [4.78, 5) is 1.68. The third kappa shape index (κ3) is 3.96. The van der Waals surface area contributed by atoms with Crippen LogP contribution in [0.2, 0.25) is 0 Å². The molecule has 0 spiro atoms. The maximum absolute atomic E-state index is 3.99. The van der Waals surface area contributed by atoms with E-state index >= 15 is 0 Å². The second-order valence-corrected chi connectivity index (χ2v) is 13.9. The number of thioether (sulfide) groups is 1. The molecule has 2 heteroatoms. The molecule has 0 fully saturated rings. The number of nitrogens with zero attached hydrogens (tertiary/aromatic N) is 1. The van der Waals surface area contributed by atoms with Crippen molar-refractivity contribution in [1.82, 2.24) is 0 Å². The van der Waals surface area contributed by atoms with E-state index in [1.165, 1.54) is 36.9 Å². The molecule has 5 aliphatic rings. The zero-order valence-corrected chi connectivity index (χ0v) is 23.5. The zero-order valence-electron chi connectivity index (χ0n) is 22.7. The SMILES string of the molecule is C=Cc1cccc(C2C=CC3C4=C(SC3C2)C2=C(CC(C)C4)C[N+]3(C)C=CC(C(C)C(C)C)=CC23)c1. The summed E-state index contributed by atoms with van der Waals surface area (Å²) in [6.07, 6.45) is 18.5. The fraction of sp³-hybridized carbons (Fsp3) is 0.471. The van der Waals surface area contributed by atoms with E-state index in [-0.39, 0.29) is 0 Å². The monoisotopic (exact) mass is 496 g/mol. The van der Waals surface area contributed by atoms with E-state index in [1.807, 2.05) is 6.08 Å². The van der Waals surface area contributed by atoms with Gasteiger partial charge < -0.3 is 0 Å². The van der Waals surface area contributed by atoms with Crippen LogP contribution in [0, 0.1) is 23.7 Å². The molecule has 36 heavy (non-hydrogen) atoms. The predicted molar refractivity (Wildman–Crippen MR) is 156 cm³/mol. The number of hydrogen-bond donors (Lipinski definition) is 0. The molecule has 6 rings (SSSR count). The van der Waals surface area contributed by atoms with Crippen LogP contribution in [0.25, 0.3) is 6.08 Å². The first-order valence-electron chi connectivity index (χ1n) is 14.1. The molecule has 7 atom stereocenters. The van der Waals surface area contributed by atoms with Gasteiger partial charge in [-0.25, -0.2) is 0 Å². The van der Waals surface area contributed by atoms with Gasteiger partial charge in [0.05, 0.1) is 13.2 Å². The van der Waals surface area contributed by atoms with Crippen molar-refractivity contribution < 1.29 is 4.48 Å². The van der Waals surface area contributed by atoms with Crippen LogP contribution in [-0.4, -0.2) is 29.4 Å². The second kappa shape index (κ2) is 9.07. The van der Waals surface area contributed by atoms with Gasteiger partial charge in [-0.1, -0.05) is 76.8 Å². The Labute approximate surface area is 223 Å². The molecule has 0 saturated heterocycles. The topological polar surface area (TPSA) is 0 Å². The summed E-state index contributed by atoms with van der Waals surface area (Å²) in [5, 5.41) is 0.660. The average molecular weight is 497 g/mol. The summed E-state index contributed by atoms with van der Waals surface area (Å²) >= 11 is 2.24. The molecule has 1 aromatic carbocycles. The van der Waals surface area contributed by atoms with Crippen molar-refractivity contribution in [2.75, 3.05) is 13.6 Å². The summed E-state index contributed by atoms with van der Waals surface area (Å²) in [7, 11) is 2.46. The molecule has 0 radical (unpaired) electrons. The molecular formula is C34H42NS+. The first-order chi connectivity index (χ1) is 17.3. The van der Waals surface area contributed by atoms with Gasteiger partial charge in [0, 0.05) is 27.6 Å². The molecule has 7 unspecified atom stereocenters. The highest BCUT2D eigenvalue weighted by Gasteiger charge is 2.50. The van der Waals surface area contributed by atoms with E-state index in [1.54, 1.807) is 27.2 Å². The predicted octanol–water partition coefficient (Wildman–Crippen LogP) is 8.66. The number of likely N-dealkylation sites (N-methyl/N-ethyl adjacent to an activating group) is 1. The van der Waals surface area contributed by atoms with Gasteiger partial charge in [-0.05, 0) is 77.0 Å². The lowest BCUT2D eigenvalue weighted by molar-refractivity contribution is -0.862. The number of fused-ring (bicyclic) bond motifs is 5. The highest BCUT2D eigenvalue weighted by Crippen LogP contribution is 2.58. The van der Waals surface area contributed by atoms with Crippen molar-refractivity contribution in [3.8, 4) is 0 Å². The van der Waals surface area contributed by atoms with Crippen molar-refractivity contribution in [1.29, 1.82) is 0 Å². The average Bonchev–Trinajstić information content (AvgIpc) is 3.31. The summed E-state index contributed by atoms with van der Waals surface area (Å²) in [5.74, 6) is 3.11. The van der Waals surface area contributed by atoms with Crippen LogP contribution < -0.4 is 0 Å². The lowest BCUT2D eigenvalue weighted by atomic mass is 9.78. The Balaban J connectivity index is 1.35. The first-order valence-corrected chi connectivity index (χ1v) is 14.9. The molecule has 2 aliphatic carbocycles. The van der Waals surface area contributed by atoms with Crippen LogP contribution in [0.15, 0.2) is 88.5 Å². The quantitative estimate of drug-likeness (QED) is 0.297. The van der Waals surface area contributed by atoms with Crippen LogP contribution in [0.5, 0.6) is 0 Å². The standard InChI is InChI=1S/C34H42NS/c1-7-24-9-8-10-26(17-24)27-11-12-29-30-16-22(4)15-28-20-35(6)14-13-25(23(5)21(2)3)18-31(35)33(28)34(30)36-32(29)19-27/h7-14,17-18,21-23,27,29,31-32H,1,15-16,19-20H2,2-6H3/q+1. The Morgan fingerprint density at radius 1 is 1.14 bits per heavy atom. The van der Waals surface area contributed by atoms with E-state index in [0.717, 1.165) is 10.4 Å². The van der Waals surface area contributed by atoms with Crippen molar-refractivity contribution in [2.45, 2.75) is 64.2 Å². The van der Waals surface area contributed by atoms with Crippen molar-refractivity contribution >= 4 is 17.8 Å². The Morgan fingerprint density at radius 2 is 1.97 bits per heavy atom. The minimum atomic E-state index is 0.480. The van der Waals surface area contributed by atoms with E-state index in [0.29, 0.717) is 35.0 Å². The zero-order chi connectivity index (χ0) is 25.2. The largest absolute Gasteiger partial charge is 0.287 e. The smallest absolute Gasteiger partial charge is 0.139 e. The molecule has 0 saturated carbocycles. The van der Waals surface area contributed by atoms with Gasteiger partial charge >= 0.3 is 0 Å². The van der Waals surface area contributed by atoms with E-state index in [4.69, 9.17) is 0 Å². The summed E-state index contributed by atoms with van der Waals surface area (Å²) in [5.41, 5.74) is 9.42. The van der Waals surface area contributed by atoms with E-state index in [9.17, 15) is 0 Å². The van der Waals surface area contributed by atoms with E-state index in [2.05, 4.69) is 108 Å². The van der Waals surface area contributed by atoms with Gasteiger partial charge in [-0.15, -0.1) is 11.8 Å². The van der Waals surface area contributed by atoms with Gasteiger partial charge in [-0.2, -0.15) is 0 Å². The van der Waals surface area contributed by atoms with Crippen molar-refractivity contribution in [3.05, 3.63) is 99.7 Å². The minimum absolute atomic E-state index is 0.480. The third-order valence-electron chi connectivity index (χ3n) is 9.71. The maximum Gasteiger partial charge on any atom is 0.139 e. The molecule has 0 bridgehead atoms. The Hall–Kier alpha value is -2.03. The summed E-state index contributed by atoms with van der Waals surface area (Å²) < 4.78 is 1.03. The third-order valence-corrected chi connectivity index (χ3v) is 11.2. The Kier molecular flexibility index (Phi) is 6.12. The van der Waals surface area contributed by atoms with Gasteiger partial charge in [-0.3, -0.25) is 4.48 Å². The van der Waals surface area contributed by atoms with Crippen LogP contribution in [0.4, 0.5) is 0 Å². The molecule has 3 aliphatic heterocycles. The molecule has 188 valence electrons. The molecular weight excluding hydrogens is 454 g/mol. The minimum Gasteiger partial charge on any atom is -0.287 e. The van der Waals surface area contributed by atoms with Crippen molar-refractivity contribution in [3.63, 3.8) is 0 Å². The molecule has 0 amide bonds. The fourth-order valence-electron chi connectivity index (χ4n) is 7.34. The fourth-order valence-corrected chi connectivity index (χ4v) is 9.11. The molecule has 0 N–H and O–H groups in total. The number of hydrogen-bond acceptors (Lipinski definition) is 1. The second-order valence-electron chi connectivity index (χ2n) is 12.6. The number of rotatable bonds is 4. The summed E-state index contributed by atoms with van der Waals surface area (Å²) in [6, 6.07) is 9.47. The van der Waals surface area contributed by atoms with Crippen LogP contribution in [0.1, 0.15) is 64.0 Å². The molecule has 0 aromatic heterocycles. The van der Waals surface area contributed by atoms with Crippen LogP contribution in [0.3, 0.4) is 0 Å². The number of benzene rings is 1. The molecule has 3 heterocycles. The number of allylic oxidation sites excluding steroid dienone is 5. The van der Waals surface area contributed by atoms with Gasteiger partial charge in [0.15, 0.2) is 0 Å². The lowest BCUT2D eigenvalue weighted by Crippen LogP contribution is -2.46. The Morgan fingerprint density at radius 3 is 2.75 bits per heavy atom. The highest BCUT2D eigenvalue weighted by molar-refractivity contribution is 8.04. The van der Waals surface area contributed by atoms with Gasteiger partial charge in [0.2, 0.25) is 0 Å². The van der Waals surface area contributed by atoms with Crippen molar-refractivity contribution in [2.24, 2.45) is 23.7 Å². The highest BCUT2D eigenvalue weighted by atomic mass is 32.2. The molecule has 1 aromatic rings. The lowest BCUT2D eigenvalue weighted by Gasteiger charge is -2.37. The molecule has 1 nitrogen and oxygen atoms in total. The van der Waals surface area contributed by atoms with E-state index < -0.39 is 0 Å². The van der Waals surface area contributed by atoms with Crippen LogP contribution in [-0.2, 0) is 0 Å². The van der Waals surface area contributed by atoms with Gasteiger partial charge in [0.25, 0.3) is 0 Å². The maximum atomic E-state index is 3.99. The summed E-state index contributed by atoms with van der Waals surface area (Å²) in [6.45, 7) is 14.8. The first kappa shape index (κ1) is 24.3. The number of quaternary nitrogens is 1. The Bertz CT molecular complexity index is 1240. The van der Waals surface area contributed by atoms with Gasteiger partial charge in [0.1, 0.15) is 12.6 Å². The van der Waals surface area contributed by atoms with Crippen LogP contribution >= 0.6 is 11.8 Å². The normalized spacial score (nSPS) is 35.7.